The van der Waals surface area contributed by atoms with Crippen LogP contribution in [0.1, 0.15) is 15.9 Å². The normalized spacial score (nSPS) is 10.4. The van der Waals surface area contributed by atoms with Gasteiger partial charge in [0.15, 0.2) is 23.2 Å². The molecule has 2 aromatic rings. The van der Waals surface area contributed by atoms with Crippen molar-refractivity contribution in [2.45, 2.75) is 0 Å². The standard InChI is InChI=1S/C13H6F3IO/c14-9-5-7(6-10(15)12(9)16)13(18)8-3-1-2-4-11(8)17/h1-6H. The Labute approximate surface area is 115 Å². The van der Waals surface area contributed by atoms with Gasteiger partial charge in [-0.3, -0.25) is 4.79 Å². The van der Waals surface area contributed by atoms with Gasteiger partial charge in [-0.1, -0.05) is 12.1 Å². The zero-order chi connectivity index (χ0) is 13.3. The van der Waals surface area contributed by atoms with Gasteiger partial charge in [0.25, 0.3) is 0 Å². The molecule has 0 saturated carbocycles. The molecule has 2 aromatic carbocycles. The van der Waals surface area contributed by atoms with Crippen LogP contribution in [0.4, 0.5) is 13.2 Å². The number of rotatable bonds is 2. The summed E-state index contributed by atoms with van der Waals surface area (Å²) in [6, 6.07) is 8.02. The van der Waals surface area contributed by atoms with Crippen LogP contribution in [-0.4, -0.2) is 5.78 Å². The predicted molar refractivity (Wildman–Crippen MR) is 68.9 cm³/mol. The fourth-order valence-corrected chi connectivity index (χ4v) is 2.12. The van der Waals surface area contributed by atoms with Gasteiger partial charge in [0, 0.05) is 14.7 Å². The van der Waals surface area contributed by atoms with E-state index in [4.69, 9.17) is 0 Å². The van der Waals surface area contributed by atoms with Crippen LogP contribution in [0, 0.1) is 21.0 Å². The van der Waals surface area contributed by atoms with Gasteiger partial charge in [-0.2, -0.15) is 0 Å². The minimum atomic E-state index is -1.57. The zero-order valence-electron chi connectivity index (χ0n) is 8.88. The number of carbonyl (C=O) groups excluding carboxylic acids is 1. The average Bonchev–Trinajstić information content (AvgIpc) is 2.35. The van der Waals surface area contributed by atoms with Crippen LogP contribution in [0.15, 0.2) is 36.4 Å². The van der Waals surface area contributed by atoms with Crippen molar-refractivity contribution in [1.29, 1.82) is 0 Å². The molecule has 0 heterocycles. The summed E-state index contributed by atoms with van der Waals surface area (Å²) in [4.78, 5) is 12.0. The Morgan fingerprint density at radius 2 is 1.56 bits per heavy atom. The molecule has 0 bridgehead atoms. The highest BCUT2D eigenvalue weighted by Crippen LogP contribution is 2.19. The van der Waals surface area contributed by atoms with E-state index in [9.17, 15) is 18.0 Å². The van der Waals surface area contributed by atoms with Crippen LogP contribution >= 0.6 is 22.6 Å². The summed E-state index contributed by atoms with van der Waals surface area (Å²) in [6.45, 7) is 0. The van der Waals surface area contributed by atoms with Crippen LogP contribution in [0.2, 0.25) is 0 Å². The van der Waals surface area contributed by atoms with Crippen LogP contribution in [0.25, 0.3) is 0 Å². The molecule has 0 aliphatic heterocycles. The molecule has 5 heteroatoms. The molecule has 0 amide bonds. The van der Waals surface area contributed by atoms with E-state index < -0.39 is 23.2 Å². The molecule has 0 N–H and O–H groups in total. The number of benzene rings is 2. The van der Waals surface area contributed by atoms with Gasteiger partial charge in [0.05, 0.1) is 0 Å². The first-order valence-electron chi connectivity index (χ1n) is 4.94. The van der Waals surface area contributed by atoms with Gasteiger partial charge in [-0.25, -0.2) is 13.2 Å². The Kier molecular flexibility index (Phi) is 3.70. The van der Waals surface area contributed by atoms with Crippen molar-refractivity contribution in [1.82, 2.24) is 0 Å². The minimum Gasteiger partial charge on any atom is -0.289 e. The highest BCUT2D eigenvalue weighted by Gasteiger charge is 2.17. The molecule has 0 fully saturated rings. The summed E-state index contributed by atoms with van der Waals surface area (Å²) in [6.07, 6.45) is 0. The molecule has 2 rings (SSSR count). The first-order chi connectivity index (χ1) is 8.50. The first-order valence-corrected chi connectivity index (χ1v) is 6.02. The second kappa shape index (κ2) is 5.09. The van der Waals surface area contributed by atoms with Crippen molar-refractivity contribution in [3.8, 4) is 0 Å². The Balaban J connectivity index is 2.51. The Morgan fingerprint density at radius 3 is 2.11 bits per heavy atom. The third kappa shape index (κ3) is 2.40. The van der Waals surface area contributed by atoms with E-state index in [2.05, 4.69) is 0 Å². The van der Waals surface area contributed by atoms with Gasteiger partial charge in [0.1, 0.15) is 0 Å². The molecular formula is C13H6F3IO. The maximum atomic E-state index is 13.0. The van der Waals surface area contributed by atoms with E-state index in [0.29, 0.717) is 21.3 Å². The molecule has 92 valence electrons. The lowest BCUT2D eigenvalue weighted by molar-refractivity contribution is 0.103. The number of carbonyl (C=O) groups is 1. The van der Waals surface area contributed by atoms with Crippen LogP contribution in [-0.2, 0) is 0 Å². The second-order valence-corrected chi connectivity index (χ2v) is 4.73. The summed E-state index contributed by atoms with van der Waals surface area (Å²) in [5.74, 6) is -4.86. The van der Waals surface area contributed by atoms with Crippen LogP contribution in [0.3, 0.4) is 0 Å². The van der Waals surface area contributed by atoms with Crippen molar-refractivity contribution < 1.29 is 18.0 Å². The van der Waals surface area contributed by atoms with E-state index in [1.807, 2.05) is 22.6 Å². The SMILES string of the molecule is O=C(c1cc(F)c(F)c(F)c1)c1ccccc1I. The van der Waals surface area contributed by atoms with Gasteiger partial charge in [0.2, 0.25) is 0 Å². The molecule has 0 spiro atoms. The molecule has 0 aliphatic rings. The summed E-state index contributed by atoms with van der Waals surface area (Å²) < 4.78 is 39.5. The summed E-state index contributed by atoms with van der Waals surface area (Å²) in [7, 11) is 0. The predicted octanol–water partition coefficient (Wildman–Crippen LogP) is 3.94. The van der Waals surface area contributed by atoms with Crippen molar-refractivity contribution in [2.75, 3.05) is 0 Å². The number of halogens is 4. The molecule has 0 aromatic heterocycles. The van der Waals surface area contributed by atoms with Crippen molar-refractivity contribution in [2.24, 2.45) is 0 Å². The average molecular weight is 362 g/mol. The lowest BCUT2D eigenvalue weighted by Crippen LogP contribution is -2.06. The van der Waals surface area contributed by atoms with E-state index in [1.54, 1.807) is 24.3 Å². The fraction of sp³-hybridized carbons (Fsp3) is 0. The molecule has 0 unspecified atom stereocenters. The summed E-state index contributed by atoms with van der Waals surface area (Å²) >= 11 is 1.94. The minimum absolute atomic E-state index is 0.212. The van der Waals surface area contributed by atoms with Gasteiger partial charge < -0.3 is 0 Å². The Bertz CT molecular complexity index is 602. The first kappa shape index (κ1) is 13.1. The smallest absolute Gasteiger partial charge is 0.194 e. The van der Waals surface area contributed by atoms with Gasteiger partial charge >= 0.3 is 0 Å². The van der Waals surface area contributed by atoms with E-state index in [0.717, 1.165) is 0 Å². The maximum Gasteiger partial charge on any atom is 0.194 e. The van der Waals surface area contributed by atoms with Crippen molar-refractivity contribution in [3.05, 3.63) is 68.5 Å². The van der Waals surface area contributed by atoms with Gasteiger partial charge in [-0.05, 0) is 46.9 Å². The Morgan fingerprint density at radius 1 is 1.00 bits per heavy atom. The maximum absolute atomic E-state index is 13.0. The lowest BCUT2D eigenvalue weighted by atomic mass is 10.0. The van der Waals surface area contributed by atoms with Crippen molar-refractivity contribution in [3.63, 3.8) is 0 Å². The fourth-order valence-electron chi connectivity index (χ4n) is 1.49. The number of hydrogen-bond donors (Lipinski definition) is 0. The molecule has 18 heavy (non-hydrogen) atoms. The molecule has 0 radical (unpaired) electrons. The molecule has 0 saturated heterocycles. The van der Waals surface area contributed by atoms with Crippen LogP contribution < -0.4 is 0 Å². The third-order valence-electron chi connectivity index (χ3n) is 2.36. The Hall–Kier alpha value is -1.37. The molecular weight excluding hydrogens is 356 g/mol. The second-order valence-electron chi connectivity index (χ2n) is 3.56. The summed E-state index contributed by atoms with van der Waals surface area (Å²) in [5.41, 5.74) is 0.110. The third-order valence-corrected chi connectivity index (χ3v) is 3.31. The largest absolute Gasteiger partial charge is 0.289 e. The van der Waals surface area contributed by atoms with Crippen LogP contribution in [0.5, 0.6) is 0 Å². The highest BCUT2D eigenvalue weighted by molar-refractivity contribution is 14.1. The van der Waals surface area contributed by atoms with Crippen molar-refractivity contribution >= 4 is 28.4 Å². The topological polar surface area (TPSA) is 17.1 Å². The summed E-state index contributed by atoms with van der Waals surface area (Å²) in [5, 5.41) is 0. The van der Waals surface area contributed by atoms with E-state index >= 15 is 0 Å². The van der Waals surface area contributed by atoms with Gasteiger partial charge in [-0.15, -0.1) is 0 Å². The molecule has 0 atom stereocenters. The number of ketones is 1. The van der Waals surface area contributed by atoms with E-state index in [1.165, 1.54) is 0 Å². The molecule has 0 aliphatic carbocycles. The number of hydrogen-bond acceptors (Lipinski definition) is 1. The molecule has 1 nitrogen and oxygen atoms in total. The monoisotopic (exact) mass is 362 g/mol. The highest BCUT2D eigenvalue weighted by atomic mass is 127. The quantitative estimate of drug-likeness (QED) is 0.450. The lowest BCUT2D eigenvalue weighted by Gasteiger charge is -2.05. The zero-order valence-corrected chi connectivity index (χ0v) is 11.0. The van der Waals surface area contributed by atoms with E-state index in [-0.39, 0.29) is 5.56 Å².